The van der Waals surface area contributed by atoms with E-state index in [9.17, 15) is 18.0 Å². The summed E-state index contributed by atoms with van der Waals surface area (Å²) in [4.78, 5) is 12.1. The van der Waals surface area contributed by atoms with Gasteiger partial charge in [-0.2, -0.15) is 13.2 Å². The van der Waals surface area contributed by atoms with Crippen molar-refractivity contribution in [1.29, 1.82) is 0 Å². The first-order valence-corrected chi connectivity index (χ1v) is 7.08. The summed E-state index contributed by atoms with van der Waals surface area (Å²) in [5.74, 6) is 0.427. The Morgan fingerprint density at radius 3 is 2.42 bits per heavy atom. The molecule has 4 nitrogen and oxygen atoms in total. The number of alkyl halides is 3. The number of benzene rings is 2. The van der Waals surface area contributed by atoms with E-state index in [4.69, 9.17) is 9.47 Å². The van der Waals surface area contributed by atoms with Gasteiger partial charge in [0.25, 0.3) is 5.91 Å². The molecule has 1 unspecified atom stereocenters. The molecule has 2 rings (SSSR count). The highest BCUT2D eigenvalue weighted by molar-refractivity contribution is 5.94. The maximum absolute atomic E-state index is 12.7. The van der Waals surface area contributed by atoms with Crippen molar-refractivity contribution >= 4 is 11.6 Å². The van der Waals surface area contributed by atoms with Gasteiger partial charge in [-0.25, -0.2) is 0 Å². The van der Waals surface area contributed by atoms with E-state index in [1.165, 1.54) is 26.2 Å². The highest BCUT2D eigenvalue weighted by Crippen LogP contribution is 2.30. The standard InChI is InChI=1S/C17H16F3NO3/c1-11(24-15-8-4-7-14(10-15)23-2)16(22)21-13-6-3-5-12(9-13)17(18,19)20/h3-11H,1-2H3,(H,21,22). The molecule has 0 saturated carbocycles. The molecule has 1 N–H and O–H groups in total. The van der Waals surface area contributed by atoms with Gasteiger partial charge in [0.2, 0.25) is 0 Å². The Morgan fingerprint density at radius 1 is 1.08 bits per heavy atom. The third-order valence-electron chi connectivity index (χ3n) is 3.18. The van der Waals surface area contributed by atoms with Gasteiger partial charge in [0.1, 0.15) is 11.5 Å². The Hall–Kier alpha value is -2.70. The number of hydrogen-bond acceptors (Lipinski definition) is 3. The highest BCUT2D eigenvalue weighted by atomic mass is 19.4. The van der Waals surface area contributed by atoms with E-state index in [-0.39, 0.29) is 5.69 Å². The molecule has 0 aromatic heterocycles. The third-order valence-corrected chi connectivity index (χ3v) is 3.18. The van der Waals surface area contributed by atoms with E-state index >= 15 is 0 Å². The van der Waals surface area contributed by atoms with Crippen LogP contribution >= 0.6 is 0 Å². The molecule has 24 heavy (non-hydrogen) atoms. The summed E-state index contributed by atoms with van der Waals surface area (Å²) in [6.07, 6.45) is -5.37. The largest absolute Gasteiger partial charge is 0.497 e. The van der Waals surface area contributed by atoms with Crippen molar-refractivity contribution in [3.05, 3.63) is 54.1 Å². The number of rotatable bonds is 5. The lowest BCUT2D eigenvalue weighted by Gasteiger charge is -2.16. The van der Waals surface area contributed by atoms with Crippen LogP contribution in [0.15, 0.2) is 48.5 Å². The zero-order valence-electron chi connectivity index (χ0n) is 13.1. The molecule has 0 aliphatic carbocycles. The zero-order chi connectivity index (χ0) is 17.7. The van der Waals surface area contributed by atoms with E-state index < -0.39 is 23.8 Å². The maximum atomic E-state index is 12.7. The normalized spacial score (nSPS) is 12.4. The van der Waals surface area contributed by atoms with Crippen LogP contribution in [-0.2, 0) is 11.0 Å². The Balaban J connectivity index is 2.03. The smallest absolute Gasteiger partial charge is 0.416 e. The van der Waals surface area contributed by atoms with Gasteiger partial charge in [-0.15, -0.1) is 0 Å². The van der Waals surface area contributed by atoms with Gasteiger partial charge in [0.15, 0.2) is 6.10 Å². The Kier molecular flexibility index (Phi) is 5.33. The number of halogens is 3. The molecule has 0 bridgehead atoms. The van der Waals surface area contributed by atoms with Crippen molar-refractivity contribution in [3.8, 4) is 11.5 Å². The lowest BCUT2D eigenvalue weighted by molar-refractivity contribution is -0.137. The van der Waals surface area contributed by atoms with Gasteiger partial charge in [-0.1, -0.05) is 12.1 Å². The lowest BCUT2D eigenvalue weighted by atomic mass is 10.2. The molecule has 0 fully saturated rings. The van der Waals surface area contributed by atoms with E-state index in [1.54, 1.807) is 24.3 Å². The number of carbonyl (C=O) groups excluding carboxylic acids is 1. The van der Waals surface area contributed by atoms with Crippen molar-refractivity contribution in [1.82, 2.24) is 0 Å². The number of amides is 1. The molecule has 0 saturated heterocycles. The van der Waals surface area contributed by atoms with Crippen LogP contribution in [0.2, 0.25) is 0 Å². The number of ether oxygens (including phenoxy) is 2. The predicted molar refractivity (Wildman–Crippen MR) is 83.2 cm³/mol. The van der Waals surface area contributed by atoms with Crippen molar-refractivity contribution in [3.63, 3.8) is 0 Å². The van der Waals surface area contributed by atoms with Crippen LogP contribution in [0.4, 0.5) is 18.9 Å². The first-order valence-electron chi connectivity index (χ1n) is 7.08. The van der Waals surface area contributed by atoms with Crippen molar-refractivity contribution in [2.75, 3.05) is 12.4 Å². The fourth-order valence-electron chi connectivity index (χ4n) is 1.95. The van der Waals surface area contributed by atoms with Crippen LogP contribution in [0.3, 0.4) is 0 Å². The van der Waals surface area contributed by atoms with Crippen LogP contribution in [0.1, 0.15) is 12.5 Å². The highest BCUT2D eigenvalue weighted by Gasteiger charge is 2.30. The summed E-state index contributed by atoms with van der Waals surface area (Å²) in [7, 11) is 1.50. The quantitative estimate of drug-likeness (QED) is 0.891. The molecule has 1 amide bonds. The number of anilines is 1. The molecule has 0 aliphatic heterocycles. The van der Waals surface area contributed by atoms with Gasteiger partial charge < -0.3 is 14.8 Å². The van der Waals surface area contributed by atoms with Gasteiger partial charge in [-0.3, -0.25) is 4.79 Å². The van der Waals surface area contributed by atoms with Crippen LogP contribution < -0.4 is 14.8 Å². The fourth-order valence-corrected chi connectivity index (χ4v) is 1.95. The molecule has 2 aromatic carbocycles. The summed E-state index contributed by atoms with van der Waals surface area (Å²) < 4.78 is 48.5. The van der Waals surface area contributed by atoms with Crippen LogP contribution in [0.5, 0.6) is 11.5 Å². The molecule has 128 valence electrons. The van der Waals surface area contributed by atoms with Gasteiger partial charge >= 0.3 is 6.18 Å². The van der Waals surface area contributed by atoms with E-state index in [0.717, 1.165) is 12.1 Å². The van der Waals surface area contributed by atoms with Gasteiger partial charge in [0.05, 0.1) is 12.7 Å². The molecule has 0 radical (unpaired) electrons. The minimum Gasteiger partial charge on any atom is -0.497 e. The molecular weight excluding hydrogens is 323 g/mol. The van der Waals surface area contributed by atoms with Crippen LogP contribution in [0.25, 0.3) is 0 Å². The second kappa shape index (κ2) is 7.25. The SMILES string of the molecule is COc1cccc(OC(C)C(=O)Nc2cccc(C(F)(F)F)c2)c1. The minimum atomic E-state index is -4.47. The van der Waals surface area contributed by atoms with E-state index in [0.29, 0.717) is 11.5 Å². The van der Waals surface area contributed by atoms with Crippen molar-refractivity contribution in [2.45, 2.75) is 19.2 Å². The topological polar surface area (TPSA) is 47.6 Å². The predicted octanol–water partition coefficient (Wildman–Crippen LogP) is 4.12. The monoisotopic (exact) mass is 339 g/mol. The Bertz CT molecular complexity index is 716. The van der Waals surface area contributed by atoms with Crippen molar-refractivity contribution in [2.24, 2.45) is 0 Å². The molecule has 7 heteroatoms. The molecule has 0 aliphatic rings. The van der Waals surface area contributed by atoms with Crippen LogP contribution in [-0.4, -0.2) is 19.1 Å². The first kappa shape index (κ1) is 17.7. The average Bonchev–Trinajstić information content (AvgIpc) is 2.54. The summed E-state index contributed by atoms with van der Waals surface area (Å²) in [6.45, 7) is 1.50. The van der Waals surface area contributed by atoms with E-state index in [1.807, 2.05) is 0 Å². The minimum absolute atomic E-state index is 0.0518. The second-order valence-electron chi connectivity index (χ2n) is 5.01. The number of hydrogen-bond donors (Lipinski definition) is 1. The lowest BCUT2D eigenvalue weighted by Crippen LogP contribution is -2.30. The van der Waals surface area contributed by atoms with Crippen molar-refractivity contribution < 1.29 is 27.4 Å². The van der Waals surface area contributed by atoms with Gasteiger partial charge in [0, 0.05) is 11.8 Å². The van der Waals surface area contributed by atoms with E-state index in [2.05, 4.69) is 5.32 Å². The molecule has 0 spiro atoms. The summed E-state index contributed by atoms with van der Waals surface area (Å²) in [6, 6.07) is 11.1. The summed E-state index contributed by atoms with van der Waals surface area (Å²) >= 11 is 0. The third kappa shape index (κ3) is 4.65. The zero-order valence-corrected chi connectivity index (χ0v) is 13.1. The summed E-state index contributed by atoms with van der Waals surface area (Å²) in [5, 5.41) is 2.41. The Morgan fingerprint density at radius 2 is 1.75 bits per heavy atom. The summed E-state index contributed by atoms with van der Waals surface area (Å²) in [5.41, 5.74) is -0.780. The maximum Gasteiger partial charge on any atom is 0.416 e. The Labute approximate surface area is 137 Å². The first-order chi connectivity index (χ1) is 11.3. The number of nitrogens with one attached hydrogen (secondary N) is 1. The number of carbonyl (C=O) groups is 1. The molecule has 2 aromatic rings. The fraction of sp³-hybridized carbons (Fsp3) is 0.235. The molecule has 0 heterocycles. The molecule has 1 atom stereocenters. The van der Waals surface area contributed by atoms with Crippen LogP contribution in [0, 0.1) is 0 Å². The molecular formula is C17H16F3NO3. The second-order valence-corrected chi connectivity index (χ2v) is 5.01. The van der Waals surface area contributed by atoms with Gasteiger partial charge in [-0.05, 0) is 37.3 Å². The average molecular weight is 339 g/mol. The number of methoxy groups -OCH3 is 1.